The molecule has 0 aliphatic carbocycles. The molecule has 0 saturated heterocycles. The van der Waals surface area contributed by atoms with Gasteiger partial charge < -0.3 is 34.8 Å². The molecule has 0 radical (unpaired) electrons. The molecule has 0 bridgehead atoms. The van der Waals surface area contributed by atoms with Crippen molar-refractivity contribution in [2.24, 2.45) is 0 Å². The maximum atomic E-state index is 14.2. The number of ether oxygens (including phenoxy) is 2. The number of aromatic nitrogens is 3. The van der Waals surface area contributed by atoms with Crippen molar-refractivity contribution in [1.82, 2.24) is 19.9 Å². The average Bonchev–Trinajstić information content (AvgIpc) is 3.24. The van der Waals surface area contributed by atoms with Gasteiger partial charge in [-0.3, -0.25) is 4.79 Å². The number of halogens is 1. The Balaban J connectivity index is 1.80. The van der Waals surface area contributed by atoms with E-state index in [1.54, 1.807) is 33.1 Å². The summed E-state index contributed by atoms with van der Waals surface area (Å²) in [5, 5.41) is 6.06. The van der Waals surface area contributed by atoms with Gasteiger partial charge in [-0.1, -0.05) is 20.4 Å². The number of carbonyl (C=O) groups is 2. The third-order valence-corrected chi connectivity index (χ3v) is 7.21. The Bertz CT molecular complexity index is 1590. The molecule has 1 amide bonds. The fourth-order valence-electron chi connectivity index (χ4n) is 4.97. The van der Waals surface area contributed by atoms with Crippen molar-refractivity contribution in [3.63, 3.8) is 0 Å². The zero-order valence-electron chi connectivity index (χ0n) is 27.1. The van der Waals surface area contributed by atoms with Gasteiger partial charge in [0.1, 0.15) is 11.3 Å². The van der Waals surface area contributed by atoms with Crippen LogP contribution < -0.4 is 25.2 Å². The van der Waals surface area contributed by atoms with E-state index in [-0.39, 0.29) is 29.3 Å². The lowest BCUT2D eigenvalue weighted by atomic mass is 9.91. The number of hydrogen-bond donors (Lipinski definition) is 2. The summed E-state index contributed by atoms with van der Waals surface area (Å²) in [4.78, 5) is 44.8. The first-order valence-electron chi connectivity index (χ1n) is 14.5. The van der Waals surface area contributed by atoms with Crippen LogP contribution in [0.1, 0.15) is 43.7 Å². The monoisotopic (exact) mass is 620 g/mol. The summed E-state index contributed by atoms with van der Waals surface area (Å²) in [5.41, 5.74) is 2.51. The van der Waals surface area contributed by atoms with E-state index in [0.29, 0.717) is 41.6 Å². The number of nitrogens with zero attached hydrogens (tertiary/aromatic N) is 6. The summed E-state index contributed by atoms with van der Waals surface area (Å²) in [6.45, 7) is 12.8. The molecule has 3 heterocycles. The number of amides is 1. The van der Waals surface area contributed by atoms with Crippen molar-refractivity contribution in [2.45, 2.75) is 39.2 Å². The molecule has 1 aliphatic rings. The van der Waals surface area contributed by atoms with Gasteiger partial charge in [0.05, 0.1) is 41.7 Å². The molecule has 2 aromatic heterocycles. The number of esters is 1. The number of rotatable bonds is 12. The van der Waals surface area contributed by atoms with Crippen LogP contribution in [0.5, 0.6) is 5.75 Å². The number of anilines is 6. The summed E-state index contributed by atoms with van der Waals surface area (Å²) in [7, 11) is 7.44. The number of carbonyl (C=O) groups excluding carboxylic acids is 2. The van der Waals surface area contributed by atoms with Gasteiger partial charge in [-0.2, -0.15) is 9.37 Å². The molecule has 0 atom stereocenters. The zero-order valence-corrected chi connectivity index (χ0v) is 27.1. The molecule has 240 valence electrons. The molecule has 1 aromatic carbocycles. The number of hydrogen-bond acceptors (Lipinski definition) is 11. The van der Waals surface area contributed by atoms with Crippen LogP contribution in [0.4, 0.5) is 38.9 Å². The van der Waals surface area contributed by atoms with Crippen LogP contribution in [0, 0.1) is 5.95 Å². The Labute approximate surface area is 263 Å². The highest BCUT2D eigenvalue weighted by Crippen LogP contribution is 2.44. The predicted octanol–water partition coefficient (Wildman–Crippen LogP) is 4.88. The smallest absolute Gasteiger partial charge is 0.343 e. The van der Waals surface area contributed by atoms with Crippen molar-refractivity contribution >= 4 is 46.4 Å². The van der Waals surface area contributed by atoms with E-state index in [1.807, 2.05) is 50.9 Å². The molecule has 0 spiro atoms. The van der Waals surface area contributed by atoms with Crippen LogP contribution in [-0.4, -0.2) is 85.7 Å². The van der Waals surface area contributed by atoms with Gasteiger partial charge in [0.15, 0.2) is 5.82 Å². The van der Waals surface area contributed by atoms with Crippen molar-refractivity contribution in [3.05, 3.63) is 60.3 Å². The van der Waals surface area contributed by atoms with Crippen LogP contribution in [0.3, 0.4) is 0 Å². The number of benzene rings is 1. The molecule has 0 unspecified atom stereocenters. The Morgan fingerprint density at radius 2 is 1.89 bits per heavy atom. The van der Waals surface area contributed by atoms with Crippen LogP contribution in [0.15, 0.2) is 43.1 Å². The highest BCUT2D eigenvalue weighted by atomic mass is 19.1. The topological polar surface area (TPSA) is 125 Å². The second-order valence-electron chi connectivity index (χ2n) is 12.0. The number of fused-ring (bicyclic) bond motifs is 1. The van der Waals surface area contributed by atoms with E-state index >= 15 is 0 Å². The maximum Gasteiger partial charge on any atom is 0.343 e. The average molecular weight is 621 g/mol. The number of nitrogens with one attached hydrogen (secondary N) is 2. The standard InChI is InChI=1S/C32H41FN8O4/c1-10-27(42)35-21-15-22(25(44-9)16-24(21)40(8)14-13-39(6)7)36-31-34-17-20(30(43)45-19(2)3)29(38-31)41-18-32(4,5)28-23(41)11-12-26(33)37-28/h10-12,15-17,19H,1,13-14,18H2,2-9H3,(H,35,42)(H,34,36,38). The normalized spacial score (nSPS) is 13.4. The van der Waals surface area contributed by atoms with Crippen LogP contribution in [-0.2, 0) is 14.9 Å². The van der Waals surface area contributed by atoms with Gasteiger partial charge in [0.25, 0.3) is 0 Å². The number of methoxy groups -OCH3 is 1. The largest absolute Gasteiger partial charge is 0.494 e. The summed E-state index contributed by atoms with van der Waals surface area (Å²) in [5.74, 6) is -0.655. The van der Waals surface area contributed by atoms with Crippen LogP contribution in [0.25, 0.3) is 0 Å². The summed E-state index contributed by atoms with van der Waals surface area (Å²) in [6.07, 6.45) is 2.22. The Hall–Kier alpha value is -4.78. The third-order valence-electron chi connectivity index (χ3n) is 7.21. The molecular weight excluding hydrogens is 579 g/mol. The molecule has 1 aliphatic heterocycles. The SMILES string of the molecule is C=CC(=O)Nc1cc(Nc2ncc(C(=O)OC(C)C)c(N3CC(C)(C)c4nc(F)ccc43)n2)c(OC)cc1N(C)CCN(C)C. The van der Waals surface area contributed by atoms with Crippen molar-refractivity contribution in [3.8, 4) is 5.75 Å². The van der Waals surface area contributed by atoms with E-state index in [1.165, 1.54) is 18.3 Å². The highest BCUT2D eigenvalue weighted by molar-refractivity contribution is 6.02. The lowest BCUT2D eigenvalue weighted by Gasteiger charge is -2.26. The Morgan fingerprint density at radius 1 is 1.16 bits per heavy atom. The van der Waals surface area contributed by atoms with Crippen molar-refractivity contribution in [1.29, 1.82) is 0 Å². The van der Waals surface area contributed by atoms with Gasteiger partial charge in [-0.15, -0.1) is 0 Å². The first-order chi connectivity index (χ1) is 21.2. The Morgan fingerprint density at radius 3 is 2.53 bits per heavy atom. The fraction of sp³-hybridized carbons (Fsp3) is 0.406. The van der Waals surface area contributed by atoms with Gasteiger partial charge in [0.2, 0.25) is 17.8 Å². The van der Waals surface area contributed by atoms with E-state index in [9.17, 15) is 14.0 Å². The minimum absolute atomic E-state index is 0.144. The predicted molar refractivity (Wildman–Crippen MR) is 174 cm³/mol. The molecule has 3 aromatic rings. The molecular formula is C32H41FN8O4. The van der Waals surface area contributed by atoms with E-state index < -0.39 is 17.3 Å². The first-order valence-corrected chi connectivity index (χ1v) is 14.5. The van der Waals surface area contributed by atoms with Gasteiger partial charge >= 0.3 is 5.97 Å². The fourth-order valence-corrected chi connectivity index (χ4v) is 4.97. The summed E-state index contributed by atoms with van der Waals surface area (Å²) < 4.78 is 25.4. The van der Waals surface area contributed by atoms with Gasteiger partial charge in [0, 0.05) is 44.4 Å². The van der Waals surface area contributed by atoms with Gasteiger partial charge in [-0.25, -0.2) is 14.8 Å². The molecule has 45 heavy (non-hydrogen) atoms. The zero-order chi connectivity index (χ0) is 33.1. The summed E-state index contributed by atoms with van der Waals surface area (Å²) in [6, 6.07) is 6.45. The molecule has 0 saturated carbocycles. The van der Waals surface area contributed by atoms with Crippen LogP contribution in [0.2, 0.25) is 0 Å². The Kier molecular flexibility index (Phi) is 9.91. The molecule has 13 heteroatoms. The number of pyridine rings is 1. The summed E-state index contributed by atoms with van der Waals surface area (Å²) >= 11 is 0. The number of likely N-dealkylation sites (N-methyl/N-ethyl adjacent to an activating group) is 2. The molecule has 12 nitrogen and oxygen atoms in total. The molecule has 4 rings (SSSR count). The lowest BCUT2D eigenvalue weighted by Crippen LogP contribution is -2.29. The first kappa shape index (κ1) is 33.1. The minimum atomic E-state index is -0.593. The van der Waals surface area contributed by atoms with Crippen molar-refractivity contribution in [2.75, 3.05) is 68.3 Å². The molecule has 0 fully saturated rings. The third kappa shape index (κ3) is 7.48. The quantitative estimate of drug-likeness (QED) is 0.164. The van der Waals surface area contributed by atoms with E-state index in [4.69, 9.17) is 14.5 Å². The van der Waals surface area contributed by atoms with Crippen LogP contribution >= 0.6 is 0 Å². The second kappa shape index (κ2) is 13.5. The second-order valence-corrected chi connectivity index (χ2v) is 12.0. The van der Waals surface area contributed by atoms with E-state index in [2.05, 4.69) is 32.1 Å². The maximum absolute atomic E-state index is 14.2. The van der Waals surface area contributed by atoms with E-state index in [0.717, 1.165) is 12.2 Å². The van der Waals surface area contributed by atoms with Gasteiger partial charge in [-0.05, 0) is 52.2 Å². The minimum Gasteiger partial charge on any atom is -0.494 e. The highest BCUT2D eigenvalue weighted by Gasteiger charge is 2.40. The van der Waals surface area contributed by atoms with Crippen molar-refractivity contribution < 1.29 is 23.5 Å². The molecule has 2 N–H and O–H groups in total. The lowest BCUT2D eigenvalue weighted by molar-refractivity contribution is -0.111.